The molecule has 2 aromatic heterocycles. The summed E-state index contributed by atoms with van der Waals surface area (Å²) in [6, 6.07) is 13.4. The maximum Gasteiger partial charge on any atom is 0.224 e. The van der Waals surface area contributed by atoms with E-state index in [-0.39, 0.29) is 5.95 Å². The number of hydrogen-bond donors (Lipinski definition) is 2. The molecule has 2 aromatic carbocycles. The molecule has 1 saturated heterocycles. The van der Waals surface area contributed by atoms with Crippen LogP contribution in [0.2, 0.25) is 0 Å². The summed E-state index contributed by atoms with van der Waals surface area (Å²) in [6.07, 6.45) is 3.66. The number of nitriles is 1. The molecule has 39 heavy (non-hydrogen) atoms. The maximum absolute atomic E-state index is 9.32. The number of rotatable bonds is 5. The maximum atomic E-state index is 9.32. The fraction of sp³-hybridized carbons (Fsp3) is 0.259. The lowest BCUT2D eigenvalue weighted by molar-refractivity contribution is 0.355. The molecule has 0 aliphatic carbocycles. The Balaban J connectivity index is 1.43. The van der Waals surface area contributed by atoms with Crippen molar-refractivity contribution < 1.29 is 9.47 Å². The molecule has 0 bridgehead atoms. The highest BCUT2D eigenvalue weighted by atomic mass is 16.5. The van der Waals surface area contributed by atoms with E-state index in [0.29, 0.717) is 66.3 Å². The monoisotopic (exact) mass is 524 g/mol. The predicted octanol–water partition coefficient (Wildman–Crippen LogP) is 2.88. The van der Waals surface area contributed by atoms with Gasteiger partial charge in [-0.15, -0.1) is 0 Å². The quantitative estimate of drug-likeness (QED) is 0.172. The van der Waals surface area contributed by atoms with Crippen LogP contribution >= 0.6 is 0 Å². The van der Waals surface area contributed by atoms with Gasteiger partial charge in [0.1, 0.15) is 0 Å². The summed E-state index contributed by atoms with van der Waals surface area (Å²) in [4.78, 5) is 27.0. The molecule has 0 radical (unpaired) electrons. The van der Waals surface area contributed by atoms with E-state index in [1.165, 1.54) is 0 Å². The second-order valence-corrected chi connectivity index (χ2v) is 8.89. The van der Waals surface area contributed by atoms with Crippen LogP contribution in [0.25, 0.3) is 22.4 Å². The van der Waals surface area contributed by atoms with Gasteiger partial charge in [0.05, 0.1) is 31.8 Å². The first-order chi connectivity index (χ1) is 19.0. The van der Waals surface area contributed by atoms with Gasteiger partial charge >= 0.3 is 0 Å². The second kappa shape index (κ2) is 11.1. The fourth-order valence-electron chi connectivity index (χ4n) is 4.44. The number of aryl methyl sites for hydroxylation is 1. The minimum atomic E-state index is 0.126. The van der Waals surface area contributed by atoms with Gasteiger partial charge in [-0.2, -0.15) is 15.2 Å². The van der Waals surface area contributed by atoms with E-state index in [1.807, 2.05) is 60.5 Å². The van der Waals surface area contributed by atoms with Crippen molar-refractivity contribution >= 4 is 34.6 Å². The van der Waals surface area contributed by atoms with Gasteiger partial charge < -0.3 is 25.0 Å². The molecule has 0 spiro atoms. The third-order valence-corrected chi connectivity index (χ3v) is 6.37. The predicted molar refractivity (Wildman–Crippen MR) is 149 cm³/mol. The molecule has 12 nitrogen and oxygen atoms in total. The van der Waals surface area contributed by atoms with Gasteiger partial charge in [0.25, 0.3) is 0 Å². The molecular formula is C27H28N10O2. The molecule has 0 saturated carbocycles. The van der Waals surface area contributed by atoms with E-state index in [2.05, 4.69) is 30.2 Å². The zero-order valence-corrected chi connectivity index (χ0v) is 21.9. The molecule has 1 aliphatic rings. The number of aliphatic imine (C=N–C) groups is 1. The van der Waals surface area contributed by atoms with Crippen LogP contribution in [0.5, 0.6) is 11.5 Å². The van der Waals surface area contributed by atoms with Gasteiger partial charge in [-0.1, -0.05) is 12.1 Å². The van der Waals surface area contributed by atoms with Crippen molar-refractivity contribution in [2.75, 3.05) is 51.0 Å². The standard InChI is InChI=1S/C27H28N10O2/c1-17-5-4-6-19(13-17)32-27(31-16-28)37-11-9-36(10-12-37)25-23-24(34-26(29)35-25)30-15-20(33-23)18-7-8-21(38-2)22(14-18)39-3/h4-8,13-15H,9-12H2,1-3H3,(H,31,32)(H2,29,30,34,35). The number of aromatic nitrogens is 4. The number of guanidine groups is 1. The Morgan fingerprint density at radius 2 is 1.82 bits per heavy atom. The number of nitrogens with one attached hydrogen (secondary N) is 1. The summed E-state index contributed by atoms with van der Waals surface area (Å²) < 4.78 is 10.8. The molecule has 198 valence electrons. The van der Waals surface area contributed by atoms with Crippen LogP contribution in [0.1, 0.15) is 5.56 Å². The first kappa shape index (κ1) is 25.5. The zero-order valence-electron chi connectivity index (χ0n) is 21.9. The van der Waals surface area contributed by atoms with Crippen molar-refractivity contribution in [3.8, 4) is 28.9 Å². The van der Waals surface area contributed by atoms with Crippen LogP contribution in [0.15, 0.2) is 53.7 Å². The van der Waals surface area contributed by atoms with Crippen molar-refractivity contribution in [3.05, 3.63) is 54.2 Å². The molecule has 0 unspecified atom stereocenters. The van der Waals surface area contributed by atoms with E-state index in [0.717, 1.165) is 16.8 Å². The van der Waals surface area contributed by atoms with Gasteiger partial charge in [-0.05, 0) is 42.8 Å². The van der Waals surface area contributed by atoms with Crippen molar-refractivity contribution in [1.29, 1.82) is 5.26 Å². The fourth-order valence-corrected chi connectivity index (χ4v) is 4.44. The van der Waals surface area contributed by atoms with Crippen LogP contribution < -0.4 is 25.4 Å². The lowest BCUT2D eigenvalue weighted by Gasteiger charge is -2.36. The third kappa shape index (κ3) is 5.42. The first-order valence-corrected chi connectivity index (χ1v) is 12.3. The summed E-state index contributed by atoms with van der Waals surface area (Å²) in [5, 5.41) is 12.1. The normalized spacial score (nSPS) is 13.7. The molecule has 3 heterocycles. The molecule has 5 rings (SSSR count). The van der Waals surface area contributed by atoms with Crippen LogP contribution in [0.3, 0.4) is 0 Å². The van der Waals surface area contributed by atoms with E-state index < -0.39 is 0 Å². The van der Waals surface area contributed by atoms with Crippen LogP contribution in [0.4, 0.5) is 17.5 Å². The Morgan fingerprint density at radius 3 is 2.54 bits per heavy atom. The summed E-state index contributed by atoms with van der Waals surface area (Å²) in [7, 11) is 3.18. The largest absolute Gasteiger partial charge is 0.493 e. The van der Waals surface area contributed by atoms with E-state index in [4.69, 9.17) is 20.2 Å². The molecular weight excluding hydrogens is 496 g/mol. The van der Waals surface area contributed by atoms with Crippen molar-refractivity contribution in [1.82, 2.24) is 30.2 Å². The number of anilines is 2. The van der Waals surface area contributed by atoms with Crippen molar-refractivity contribution in [2.24, 2.45) is 4.99 Å². The van der Waals surface area contributed by atoms with Crippen molar-refractivity contribution in [2.45, 2.75) is 6.92 Å². The number of fused-ring (bicyclic) bond motifs is 1. The molecule has 0 amide bonds. The summed E-state index contributed by atoms with van der Waals surface area (Å²) in [5.41, 5.74) is 10.3. The van der Waals surface area contributed by atoms with Crippen molar-refractivity contribution in [3.63, 3.8) is 0 Å². The van der Waals surface area contributed by atoms with E-state index in [1.54, 1.807) is 20.4 Å². The lowest BCUT2D eigenvalue weighted by Crippen LogP contribution is -2.52. The van der Waals surface area contributed by atoms with E-state index >= 15 is 0 Å². The van der Waals surface area contributed by atoms with Gasteiger partial charge in [0, 0.05) is 31.7 Å². The molecule has 12 heteroatoms. The van der Waals surface area contributed by atoms with Crippen LogP contribution in [0, 0.1) is 18.4 Å². The zero-order chi connectivity index (χ0) is 27.4. The number of methoxy groups -OCH3 is 2. The van der Waals surface area contributed by atoms with Crippen LogP contribution in [-0.4, -0.2) is 71.2 Å². The molecule has 4 aromatic rings. The Morgan fingerprint density at radius 1 is 1.03 bits per heavy atom. The number of benzene rings is 2. The summed E-state index contributed by atoms with van der Waals surface area (Å²) in [5.74, 6) is 2.46. The number of hydrogen-bond acceptors (Lipinski definition) is 10. The Kier molecular flexibility index (Phi) is 7.22. The van der Waals surface area contributed by atoms with Gasteiger partial charge in [-0.3, -0.25) is 5.32 Å². The highest BCUT2D eigenvalue weighted by Gasteiger charge is 2.24. The Hall–Kier alpha value is -5.18. The summed E-state index contributed by atoms with van der Waals surface area (Å²) >= 11 is 0. The van der Waals surface area contributed by atoms with E-state index in [9.17, 15) is 5.26 Å². The smallest absolute Gasteiger partial charge is 0.224 e. The number of nitrogen functional groups attached to an aromatic ring is 1. The minimum absolute atomic E-state index is 0.126. The highest BCUT2D eigenvalue weighted by molar-refractivity contribution is 5.87. The average Bonchev–Trinajstić information content (AvgIpc) is 2.96. The molecule has 1 fully saturated rings. The lowest BCUT2D eigenvalue weighted by atomic mass is 10.1. The topological polar surface area (TPSA) is 151 Å². The first-order valence-electron chi connectivity index (χ1n) is 12.3. The third-order valence-electron chi connectivity index (χ3n) is 6.37. The van der Waals surface area contributed by atoms with Gasteiger partial charge in [0.2, 0.25) is 11.9 Å². The minimum Gasteiger partial charge on any atom is -0.493 e. The average molecular weight is 525 g/mol. The number of ether oxygens (including phenoxy) is 2. The highest BCUT2D eigenvalue weighted by Crippen LogP contribution is 2.33. The van der Waals surface area contributed by atoms with Gasteiger partial charge in [0.15, 0.2) is 34.7 Å². The van der Waals surface area contributed by atoms with Gasteiger partial charge in [-0.25, -0.2) is 15.0 Å². The molecule has 3 N–H and O–H groups in total. The SMILES string of the molecule is COc1ccc(-c2cnc3nc(N)nc(N4CCN(C(=Nc5cccc(C)c5)NC#N)CC4)c3n2)cc1OC. The molecule has 0 atom stereocenters. The second-order valence-electron chi connectivity index (χ2n) is 8.89. The Labute approximate surface area is 225 Å². The molecule has 1 aliphatic heterocycles. The number of nitrogens with zero attached hydrogens (tertiary/aromatic N) is 8. The number of piperazine rings is 1. The Bertz CT molecular complexity index is 1580. The number of nitrogens with two attached hydrogens (primary N) is 1. The summed E-state index contributed by atoms with van der Waals surface area (Å²) in [6.45, 7) is 4.43. The van der Waals surface area contributed by atoms with Crippen LogP contribution in [-0.2, 0) is 0 Å².